The molecule has 0 bridgehead atoms. The topological polar surface area (TPSA) is 110 Å². The van der Waals surface area contributed by atoms with Crippen LogP contribution < -0.4 is 29.2 Å². The lowest BCUT2D eigenvalue weighted by Gasteiger charge is -2.40. The molecule has 0 aromatic heterocycles. The number of carbonyl (C=O) groups excluding carboxylic acids is 3. The number of para-hydroxylation sites is 4. The van der Waals surface area contributed by atoms with E-state index < -0.39 is 12.1 Å². The van der Waals surface area contributed by atoms with E-state index in [9.17, 15) is 14.4 Å². The molecule has 3 heterocycles. The van der Waals surface area contributed by atoms with E-state index in [1.807, 2.05) is 65.6 Å². The quantitative estimate of drug-likeness (QED) is 0.396. The third kappa shape index (κ3) is 6.25. The molecule has 7 rings (SSSR count). The minimum absolute atomic E-state index is 0.0233. The number of piperazine rings is 1. The van der Waals surface area contributed by atoms with Crippen LogP contribution in [0, 0.1) is 5.41 Å². The zero-order valence-corrected chi connectivity index (χ0v) is 28.4. The smallest absolute Gasteiger partial charge is 0.267 e. The molecule has 11 nitrogen and oxygen atoms in total. The highest BCUT2D eigenvalue weighted by atomic mass is 16.6. The molecule has 1 aliphatic carbocycles. The van der Waals surface area contributed by atoms with Crippen molar-refractivity contribution in [3.63, 3.8) is 0 Å². The molecule has 0 saturated carbocycles. The van der Waals surface area contributed by atoms with Gasteiger partial charge in [0.2, 0.25) is 12.0 Å². The number of Topliss-reactive ketones (excluding diaryl/α,β-unsaturated/α-hetero) is 1. The van der Waals surface area contributed by atoms with E-state index in [0.717, 1.165) is 22.6 Å². The Hall–Kier alpha value is -5.19. The van der Waals surface area contributed by atoms with E-state index >= 15 is 0 Å². The van der Waals surface area contributed by atoms with Crippen LogP contribution in [0.2, 0.25) is 0 Å². The number of carbonyl (C=O) groups is 3. The third-order valence-electron chi connectivity index (χ3n) is 9.76. The lowest BCUT2D eigenvalue weighted by atomic mass is 9.73. The maximum atomic E-state index is 14.2. The van der Waals surface area contributed by atoms with Crippen LogP contribution in [0.3, 0.4) is 0 Å². The number of amides is 2. The monoisotopic (exact) mass is 666 g/mol. The SMILES string of the molecule is COc1ccc(C2C3=C(CC(C)(C)CC3=O)Nc3ccccc3N2CC(=O)N2CCN(C(=O)C3COc4ccccc4O3)CC2)cc1OC. The van der Waals surface area contributed by atoms with Crippen molar-refractivity contribution in [1.29, 1.82) is 0 Å². The molecule has 1 N–H and O–H groups in total. The predicted octanol–water partition coefficient (Wildman–Crippen LogP) is 4.83. The van der Waals surface area contributed by atoms with Crippen LogP contribution in [-0.2, 0) is 14.4 Å². The van der Waals surface area contributed by atoms with Crippen molar-refractivity contribution in [3.05, 3.63) is 83.6 Å². The maximum Gasteiger partial charge on any atom is 0.267 e. The molecule has 3 aromatic rings. The molecule has 3 aromatic carbocycles. The van der Waals surface area contributed by atoms with Crippen LogP contribution in [-0.4, -0.2) is 87.1 Å². The Bertz CT molecular complexity index is 1810. The number of hydrogen-bond acceptors (Lipinski definition) is 9. The van der Waals surface area contributed by atoms with Gasteiger partial charge in [0.25, 0.3) is 5.91 Å². The van der Waals surface area contributed by atoms with Gasteiger partial charge in [-0.2, -0.15) is 0 Å². The van der Waals surface area contributed by atoms with E-state index in [0.29, 0.717) is 67.6 Å². The first kappa shape index (κ1) is 32.4. The van der Waals surface area contributed by atoms with E-state index in [2.05, 4.69) is 19.2 Å². The van der Waals surface area contributed by atoms with Gasteiger partial charge in [0.1, 0.15) is 6.61 Å². The number of nitrogens with zero attached hydrogens (tertiary/aromatic N) is 3. The zero-order chi connectivity index (χ0) is 34.3. The summed E-state index contributed by atoms with van der Waals surface area (Å²) in [5.41, 5.74) is 3.77. The minimum Gasteiger partial charge on any atom is -0.493 e. The van der Waals surface area contributed by atoms with Gasteiger partial charge in [-0.1, -0.05) is 44.2 Å². The van der Waals surface area contributed by atoms with Crippen LogP contribution in [0.1, 0.15) is 38.3 Å². The van der Waals surface area contributed by atoms with Crippen LogP contribution in [0.15, 0.2) is 78.0 Å². The molecule has 2 atom stereocenters. The average Bonchev–Trinajstić information content (AvgIpc) is 3.24. The summed E-state index contributed by atoms with van der Waals surface area (Å²) >= 11 is 0. The van der Waals surface area contributed by atoms with Gasteiger partial charge in [0.15, 0.2) is 28.8 Å². The van der Waals surface area contributed by atoms with Crippen LogP contribution in [0.5, 0.6) is 23.0 Å². The summed E-state index contributed by atoms with van der Waals surface area (Å²) in [4.78, 5) is 47.3. The highest BCUT2D eigenvalue weighted by Crippen LogP contribution is 2.49. The Balaban J connectivity index is 1.16. The first-order chi connectivity index (χ1) is 23.7. The van der Waals surface area contributed by atoms with Crippen LogP contribution >= 0.6 is 0 Å². The van der Waals surface area contributed by atoms with Crippen molar-refractivity contribution in [2.24, 2.45) is 5.41 Å². The van der Waals surface area contributed by atoms with Crippen molar-refractivity contribution in [3.8, 4) is 23.0 Å². The van der Waals surface area contributed by atoms with Crippen LogP contribution in [0.25, 0.3) is 0 Å². The standard InChI is InChI=1S/C38H42N4O7/c1-38(2)20-26-35(28(43)21-38)36(24-13-14-29(46-3)32(19-24)47-4)42(27-10-6-5-9-25(27)39-26)22-34(44)40-15-17-41(18-16-40)37(45)33-23-48-30-11-7-8-12-31(30)49-33/h5-14,19,33,36,39H,15-18,20-23H2,1-4H3. The number of rotatable bonds is 6. The first-order valence-electron chi connectivity index (χ1n) is 16.7. The highest BCUT2D eigenvalue weighted by molar-refractivity contribution is 6.02. The van der Waals surface area contributed by atoms with Crippen molar-refractivity contribution in [1.82, 2.24) is 9.80 Å². The van der Waals surface area contributed by atoms with Crippen LogP contribution in [0.4, 0.5) is 11.4 Å². The Labute approximate surface area is 286 Å². The Kier molecular flexibility index (Phi) is 8.60. The largest absolute Gasteiger partial charge is 0.493 e. The number of fused-ring (bicyclic) bond motifs is 2. The normalized spacial score (nSPS) is 21.2. The summed E-state index contributed by atoms with van der Waals surface area (Å²) in [5.74, 6) is 2.10. The molecule has 2 amide bonds. The number of nitrogens with one attached hydrogen (secondary N) is 1. The molecular formula is C38H42N4O7. The first-order valence-corrected chi connectivity index (χ1v) is 16.7. The molecule has 4 aliphatic rings. The van der Waals surface area contributed by atoms with Gasteiger partial charge in [-0.15, -0.1) is 0 Å². The molecule has 3 aliphatic heterocycles. The molecule has 11 heteroatoms. The summed E-state index contributed by atoms with van der Waals surface area (Å²) in [6.45, 7) is 5.90. The van der Waals surface area contributed by atoms with Gasteiger partial charge in [0.05, 0.1) is 38.2 Å². The number of allylic oxidation sites excluding steroid dienone is 1. The second kappa shape index (κ2) is 13.0. The van der Waals surface area contributed by atoms with Gasteiger partial charge in [-0.3, -0.25) is 14.4 Å². The number of hydrogen-bond donors (Lipinski definition) is 1. The number of ketones is 1. The lowest BCUT2D eigenvalue weighted by Crippen LogP contribution is -2.56. The Morgan fingerprint density at radius 1 is 0.878 bits per heavy atom. The van der Waals surface area contributed by atoms with Gasteiger partial charge >= 0.3 is 0 Å². The zero-order valence-electron chi connectivity index (χ0n) is 28.4. The number of benzene rings is 3. The second-order valence-electron chi connectivity index (χ2n) is 13.7. The summed E-state index contributed by atoms with van der Waals surface area (Å²) < 4.78 is 22.9. The molecule has 1 fully saturated rings. The Morgan fingerprint density at radius 3 is 2.33 bits per heavy atom. The highest BCUT2D eigenvalue weighted by Gasteiger charge is 2.43. The van der Waals surface area contributed by atoms with E-state index in [4.69, 9.17) is 18.9 Å². The molecule has 49 heavy (non-hydrogen) atoms. The molecule has 256 valence electrons. The third-order valence-corrected chi connectivity index (χ3v) is 9.76. The fraction of sp³-hybridized carbons (Fsp3) is 0.395. The maximum absolute atomic E-state index is 14.2. The van der Waals surface area contributed by atoms with Gasteiger partial charge in [0, 0.05) is 43.9 Å². The summed E-state index contributed by atoms with van der Waals surface area (Å²) in [6, 6.07) is 20.3. The minimum atomic E-state index is -0.735. The molecular weight excluding hydrogens is 624 g/mol. The Morgan fingerprint density at radius 2 is 1.57 bits per heavy atom. The van der Waals surface area contributed by atoms with Gasteiger partial charge in [-0.05, 0) is 53.8 Å². The van der Waals surface area contributed by atoms with Gasteiger partial charge in [-0.25, -0.2) is 0 Å². The van der Waals surface area contributed by atoms with E-state index in [1.165, 1.54) is 0 Å². The van der Waals surface area contributed by atoms with Gasteiger partial charge < -0.3 is 39.0 Å². The molecule has 2 unspecified atom stereocenters. The van der Waals surface area contributed by atoms with E-state index in [-0.39, 0.29) is 36.2 Å². The fourth-order valence-electron chi connectivity index (χ4n) is 7.36. The second-order valence-corrected chi connectivity index (χ2v) is 13.7. The van der Waals surface area contributed by atoms with Crippen molar-refractivity contribution in [2.75, 3.05) is 63.8 Å². The fourth-order valence-corrected chi connectivity index (χ4v) is 7.36. The molecule has 0 spiro atoms. The average molecular weight is 667 g/mol. The van der Waals surface area contributed by atoms with Crippen molar-refractivity contribution >= 4 is 29.0 Å². The van der Waals surface area contributed by atoms with Crippen molar-refractivity contribution < 1.29 is 33.3 Å². The number of anilines is 2. The summed E-state index contributed by atoms with van der Waals surface area (Å²) in [7, 11) is 3.17. The lowest BCUT2D eigenvalue weighted by molar-refractivity contribution is -0.145. The number of methoxy groups -OCH3 is 2. The molecule has 1 saturated heterocycles. The van der Waals surface area contributed by atoms with E-state index in [1.54, 1.807) is 30.1 Å². The predicted molar refractivity (Wildman–Crippen MR) is 184 cm³/mol. The summed E-state index contributed by atoms with van der Waals surface area (Å²) in [6.07, 6.45) is 0.346. The summed E-state index contributed by atoms with van der Waals surface area (Å²) in [5, 5.41) is 3.61. The molecule has 0 radical (unpaired) electrons. The number of ether oxygens (including phenoxy) is 4. The van der Waals surface area contributed by atoms with Crippen molar-refractivity contribution in [2.45, 2.75) is 38.8 Å².